The van der Waals surface area contributed by atoms with E-state index in [0.29, 0.717) is 0 Å². The second-order valence-corrected chi connectivity index (χ2v) is 4.60. The van der Waals surface area contributed by atoms with E-state index in [1.165, 1.54) is 0 Å². The summed E-state index contributed by atoms with van der Waals surface area (Å²) in [6.07, 6.45) is 1.58. The van der Waals surface area contributed by atoms with Crippen molar-refractivity contribution >= 4 is 5.78 Å². The summed E-state index contributed by atoms with van der Waals surface area (Å²) in [5, 5.41) is 4.37. The largest absolute Gasteiger partial charge is 0.292 e. The molecule has 0 aliphatic heterocycles. The van der Waals surface area contributed by atoms with Crippen LogP contribution in [0.1, 0.15) is 41.4 Å². The first-order valence-electron chi connectivity index (χ1n) is 6.66. The molecule has 0 aliphatic carbocycles. The van der Waals surface area contributed by atoms with Crippen LogP contribution in [0.5, 0.6) is 0 Å². The highest BCUT2D eigenvalue weighted by Gasteiger charge is 2.12. The molecule has 0 atom stereocenters. The summed E-state index contributed by atoms with van der Waals surface area (Å²) >= 11 is 0. The maximum absolute atomic E-state index is 12.2. The predicted octanol–water partition coefficient (Wildman–Crippen LogP) is 2.59. The van der Waals surface area contributed by atoms with Crippen LogP contribution < -0.4 is 0 Å². The molecule has 2 rings (SSSR count). The monoisotopic (exact) mass is 257 g/mol. The van der Waals surface area contributed by atoms with Crippen LogP contribution in [0.25, 0.3) is 0 Å². The third kappa shape index (κ3) is 3.08. The van der Waals surface area contributed by atoms with Crippen molar-refractivity contribution in [2.45, 2.75) is 40.2 Å². The number of Topliss-reactive ketones (excluding diaryl/α,β-unsaturated/α-hetero) is 1. The Labute approximate surface area is 113 Å². The van der Waals surface area contributed by atoms with Gasteiger partial charge in [-0.3, -0.25) is 4.79 Å². The molecule has 0 aliphatic rings. The van der Waals surface area contributed by atoms with Gasteiger partial charge in [0.2, 0.25) is 0 Å². The summed E-state index contributed by atoms with van der Waals surface area (Å²) < 4.78 is 1.73. The van der Waals surface area contributed by atoms with Crippen molar-refractivity contribution in [3.8, 4) is 0 Å². The lowest BCUT2D eigenvalue weighted by atomic mass is 10.1. The fourth-order valence-electron chi connectivity index (χ4n) is 2.01. The topological polar surface area (TPSA) is 47.8 Å². The standard InChI is InChI=1S/C15H19N3O/c1-4-14-16-15(5-2)18(17-14)10-13(19)12-8-6-7-11(3)9-12/h6-9H,4-5,10H2,1-3H3. The van der Waals surface area contributed by atoms with Crippen LogP contribution in [0, 0.1) is 6.92 Å². The highest BCUT2D eigenvalue weighted by Crippen LogP contribution is 2.08. The van der Waals surface area contributed by atoms with E-state index >= 15 is 0 Å². The SMILES string of the molecule is CCc1nc(CC)n(CC(=O)c2cccc(C)c2)n1. The molecular weight excluding hydrogens is 238 g/mol. The molecule has 0 radical (unpaired) electrons. The molecule has 0 saturated heterocycles. The molecule has 0 N–H and O–H groups in total. The van der Waals surface area contributed by atoms with E-state index in [1.54, 1.807) is 4.68 Å². The predicted molar refractivity (Wildman–Crippen MR) is 74.3 cm³/mol. The molecule has 4 heteroatoms. The molecule has 100 valence electrons. The number of rotatable bonds is 5. The average Bonchev–Trinajstić information content (AvgIpc) is 2.81. The molecule has 1 heterocycles. The van der Waals surface area contributed by atoms with E-state index in [-0.39, 0.29) is 12.3 Å². The lowest BCUT2D eigenvalue weighted by molar-refractivity contribution is 0.0966. The third-order valence-corrected chi connectivity index (χ3v) is 3.06. The molecule has 0 amide bonds. The normalized spacial score (nSPS) is 10.7. The molecule has 1 aromatic carbocycles. The number of hydrogen-bond donors (Lipinski definition) is 0. The van der Waals surface area contributed by atoms with Gasteiger partial charge >= 0.3 is 0 Å². The van der Waals surface area contributed by atoms with Gasteiger partial charge in [-0.25, -0.2) is 9.67 Å². The molecule has 0 unspecified atom stereocenters. The Morgan fingerprint density at radius 1 is 1.26 bits per heavy atom. The summed E-state index contributed by atoms with van der Waals surface area (Å²) in [7, 11) is 0. The molecule has 0 spiro atoms. The van der Waals surface area contributed by atoms with Gasteiger partial charge in [0.1, 0.15) is 12.4 Å². The van der Waals surface area contributed by atoms with Crippen molar-refractivity contribution in [3.63, 3.8) is 0 Å². The maximum Gasteiger partial charge on any atom is 0.184 e. The summed E-state index contributed by atoms with van der Waals surface area (Å²) in [5.41, 5.74) is 1.82. The zero-order valence-corrected chi connectivity index (χ0v) is 11.7. The van der Waals surface area contributed by atoms with E-state index < -0.39 is 0 Å². The van der Waals surface area contributed by atoms with Crippen molar-refractivity contribution in [1.82, 2.24) is 14.8 Å². The van der Waals surface area contributed by atoms with Crippen molar-refractivity contribution in [2.24, 2.45) is 0 Å². The average molecular weight is 257 g/mol. The Kier molecular flexibility index (Phi) is 4.10. The first-order valence-corrected chi connectivity index (χ1v) is 6.66. The van der Waals surface area contributed by atoms with Gasteiger partial charge in [-0.15, -0.1) is 0 Å². The van der Waals surface area contributed by atoms with Crippen molar-refractivity contribution in [1.29, 1.82) is 0 Å². The Morgan fingerprint density at radius 2 is 2.05 bits per heavy atom. The zero-order chi connectivity index (χ0) is 13.8. The van der Waals surface area contributed by atoms with Crippen LogP contribution in [0.3, 0.4) is 0 Å². The Morgan fingerprint density at radius 3 is 2.68 bits per heavy atom. The minimum atomic E-state index is 0.0750. The highest BCUT2D eigenvalue weighted by atomic mass is 16.1. The fourth-order valence-corrected chi connectivity index (χ4v) is 2.01. The van der Waals surface area contributed by atoms with E-state index in [2.05, 4.69) is 10.1 Å². The van der Waals surface area contributed by atoms with Gasteiger partial charge in [0, 0.05) is 18.4 Å². The number of aryl methyl sites for hydroxylation is 3. The molecule has 19 heavy (non-hydrogen) atoms. The number of hydrogen-bond acceptors (Lipinski definition) is 3. The van der Waals surface area contributed by atoms with Crippen molar-refractivity contribution in [3.05, 3.63) is 47.0 Å². The van der Waals surface area contributed by atoms with Gasteiger partial charge in [0.15, 0.2) is 11.6 Å². The van der Waals surface area contributed by atoms with Crippen LogP contribution in [0.4, 0.5) is 0 Å². The second-order valence-electron chi connectivity index (χ2n) is 4.60. The summed E-state index contributed by atoms with van der Waals surface area (Å²) in [4.78, 5) is 16.7. The molecule has 0 bridgehead atoms. The zero-order valence-electron chi connectivity index (χ0n) is 11.7. The van der Waals surface area contributed by atoms with Crippen molar-refractivity contribution in [2.75, 3.05) is 0 Å². The van der Waals surface area contributed by atoms with E-state index in [4.69, 9.17) is 0 Å². The Bertz CT molecular complexity index is 587. The third-order valence-electron chi connectivity index (χ3n) is 3.06. The first kappa shape index (κ1) is 13.5. The summed E-state index contributed by atoms with van der Waals surface area (Å²) in [6, 6.07) is 7.64. The Hall–Kier alpha value is -1.97. The van der Waals surface area contributed by atoms with Gasteiger partial charge in [-0.05, 0) is 13.0 Å². The van der Waals surface area contributed by atoms with Crippen LogP contribution in [0.15, 0.2) is 24.3 Å². The lowest BCUT2D eigenvalue weighted by Gasteiger charge is -2.04. The van der Waals surface area contributed by atoms with Crippen LogP contribution >= 0.6 is 0 Å². The molecular formula is C15H19N3O. The van der Waals surface area contributed by atoms with Gasteiger partial charge in [0.05, 0.1) is 0 Å². The van der Waals surface area contributed by atoms with E-state index in [9.17, 15) is 4.79 Å². The summed E-state index contributed by atoms with van der Waals surface area (Å²) in [6.45, 7) is 6.29. The number of nitrogens with zero attached hydrogens (tertiary/aromatic N) is 3. The van der Waals surface area contributed by atoms with Crippen LogP contribution in [-0.2, 0) is 19.4 Å². The number of benzene rings is 1. The summed E-state index contributed by atoms with van der Waals surface area (Å²) in [5.74, 6) is 1.75. The smallest absolute Gasteiger partial charge is 0.184 e. The molecule has 1 aromatic heterocycles. The van der Waals surface area contributed by atoms with E-state index in [1.807, 2.05) is 45.0 Å². The molecule has 0 fully saturated rings. The first-order chi connectivity index (χ1) is 9.13. The minimum Gasteiger partial charge on any atom is -0.292 e. The number of aromatic nitrogens is 3. The molecule has 0 saturated carbocycles. The lowest BCUT2D eigenvalue weighted by Crippen LogP contribution is -2.14. The number of carbonyl (C=O) groups is 1. The quantitative estimate of drug-likeness (QED) is 0.773. The van der Waals surface area contributed by atoms with Crippen molar-refractivity contribution < 1.29 is 4.79 Å². The maximum atomic E-state index is 12.2. The highest BCUT2D eigenvalue weighted by molar-refractivity contribution is 5.96. The Balaban J connectivity index is 2.21. The van der Waals surface area contributed by atoms with Gasteiger partial charge in [-0.1, -0.05) is 37.6 Å². The minimum absolute atomic E-state index is 0.0750. The van der Waals surface area contributed by atoms with E-state index in [0.717, 1.165) is 35.6 Å². The van der Waals surface area contributed by atoms with Gasteiger partial charge < -0.3 is 0 Å². The molecule has 4 nitrogen and oxygen atoms in total. The number of ketones is 1. The van der Waals surface area contributed by atoms with Crippen LogP contribution in [-0.4, -0.2) is 20.5 Å². The molecule has 2 aromatic rings. The fraction of sp³-hybridized carbons (Fsp3) is 0.400. The van der Waals surface area contributed by atoms with Crippen LogP contribution in [0.2, 0.25) is 0 Å². The number of carbonyl (C=O) groups excluding carboxylic acids is 1. The van der Waals surface area contributed by atoms with Gasteiger partial charge in [0.25, 0.3) is 0 Å². The second kappa shape index (κ2) is 5.78. The van der Waals surface area contributed by atoms with Gasteiger partial charge in [-0.2, -0.15) is 5.10 Å².